The predicted octanol–water partition coefficient (Wildman–Crippen LogP) is 4.12. The van der Waals surface area contributed by atoms with Crippen molar-refractivity contribution >= 4 is 11.4 Å². The number of methoxy groups -OCH3 is 1. The van der Waals surface area contributed by atoms with Gasteiger partial charge in [-0.3, -0.25) is 0 Å². The molecule has 0 atom stereocenters. The Morgan fingerprint density at radius 3 is 2.44 bits per heavy atom. The topological polar surface area (TPSA) is 54.2 Å². The molecule has 2 aromatic rings. The van der Waals surface area contributed by atoms with E-state index in [-0.39, 0.29) is 5.75 Å². The molecule has 0 fully saturated rings. The number of aromatic hydroxyl groups is 1. The second-order valence-electron chi connectivity index (χ2n) is 3.84. The molecule has 0 saturated heterocycles. The highest BCUT2D eigenvalue weighted by Crippen LogP contribution is 2.32. The Bertz CT molecular complexity index is 580. The maximum atomic E-state index is 9.67. The summed E-state index contributed by atoms with van der Waals surface area (Å²) in [5.41, 5.74) is 2.20. The van der Waals surface area contributed by atoms with Crippen molar-refractivity contribution in [1.29, 1.82) is 0 Å². The molecule has 1 N–H and O–H groups in total. The molecule has 2 rings (SSSR count). The van der Waals surface area contributed by atoms with Crippen molar-refractivity contribution in [1.82, 2.24) is 0 Å². The summed E-state index contributed by atoms with van der Waals surface area (Å²) in [6.45, 7) is 1.96. The van der Waals surface area contributed by atoms with Gasteiger partial charge >= 0.3 is 0 Å². The van der Waals surface area contributed by atoms with Gasteiger partial charge in [-0.2, -0.15) is 5.11 Å². The van der Waals surface area contributed by atoms with E-state index in [9.17, 15) is 5.11 Å². The van der Waals surface area contributed by atoms with Gasteiger partial charge in [0.1, 0.15) is 17.2 Å². The Kier molecular flexibility index (Phi) is 3.57. The van der Waals surface area contributed by atoms with E-state index in [1.807, 2.05) is 31.2 Å². The fourth-order valence-electron chi connectivity index (χ4n) is 1.49. The van der Waals surface area contributed by atoms with Gasteiger partial charge in [-0.1, -0.05) is 18.2 Å². The number of benzene rings is 2. The Balaban J connectivity index is 2.31. The van der Waals surface area contributed by atoms with Crippen molar-refractivity contribution < 1.29 is 9.84 Å². The molecule has 0 amide bonds. The van der Waals surface area contributed by atoms with Crippen LogP contribution in [-0.2, 0) is 0 Å². The summed E-state index contributed by atoms with van der Waals surface area (Å²) < 4.78 is 5.07. The van der Waals surface area contributed by atoms with Gasteiger partial charge in [0.05, 0.1) is 12.8 Å². The molecule has 0 spiro atoms. The summed E-state index contributed by atoms with van der Waals surface area (Å²) >= 11 is 0. The van der Waals surface area contributed by atoms with Crippen molar-refractivity contribution in [2.75, 3.05) is 7.11 Å². The van der Waals surface area contributed by atoms with Crippen molar-refractivity contribution in [3.05, 3.63) is 48.0 Å². The Hall–Kier alpha value is -2.36. The van der Waals surface area contributed by atoms with E-state index in [0.717, 1.165) is 11.3 Å². The third kappa shape index (κ3) is 2.66. The number of ether oxygens (including phenoxy) is 1. The Morgan fingerprint density at radius 2 is 1.72 bits per heavy atom. The Morgan fingerprint density at radius 1 is 1.00 bits per heavy atom. The molecule has 18 heavy (non-hydrogen) atoms. The number of hydrogen-bond acceptors (Lipinski definition) is 4. The molecular formula is C14H14N2O2. The van der Waals surface area contributed by atoms with Gasteiger partial charge in [-0.25, -0.2) is 0 Å². The number of hydrogen-bond donors (Lipinski definition) is 1. The first kappa shape index (κ1) is 12.1. The zero-order valence-electron chi connectivity index (χ0n) is 10.3. The fraction of sp³-hybridized carbons (Fsp3) is 0.143. The lowest BCUT2D eigenvalue weighted by Crippen LogP contribution is -1.81. The maximum absolute atomic E-state index is 9.67. The van der Waals surface area contributed by atoms with Crippen LogP contribution in [0.15, 0.2) is 52.7 Å². The van der Waals surface area contributed by atoms with Crippen LogP contribution in [-0.4, -0.2) is 12.2 Å². The van der Waals surface area contributed by atoms with E-state index in [1.54, 1.807) is 19.2 Å². The van der Waals surface area contributed by atoms with E-state index in [1.165, 1.54) is 6.07 Å². The van der Waals surface area contributed by atoms with Crippen LogP contribution in [0.2, 0.25) is 0 Å². The maximum Gasteiger partial charge on any atom is 0.143 e. The average Bonchev–Trinajstić information content (AvgIpc) is 2.39. The van der Waals surface area contributed by atoms with Crippen molar-refractivity contribution in [2.45, 2.75) is 6.92 Å². The lowest BCUT2D eigenvalue weighted by Gasteiger charge is -2.02. The second kappa shape index (κ2) is 5.31. The zero-order valence-corrected chi connectivity index (χ0v) is 10.3. The zero-order chi connectivity index (χ0) is 13.0. The van der Waals surface area contributed by atoms with Crippen molar-refractivity contribution in [2.24, 2.45) is 10.2 Å². The van der Waals surface area contributed by atoms with E-state index < -0.39 is 0 Å². The van der Waals surface area contributed by atoms with Gasteiger partial charge in [0, 0.05) is 6.07 Å². The third-order valence-corrected chi connectivity index (χ3v) is 2.56. The molecule has 2 aromatic carbocycles. The highest BCUT2D eigenvalue weighted by atomic mass is 16.5. The molecule has 0 aliphatic heterocycles. The van der Waals surface area contributed by atoms with Crippen LogP contribution >= 0.6 is 0 Å². The number of rotatable bonds is 3. The van der Waals surface area contributed by atoms with Gasteiger partial charge in [0.25, 0.3) is 0 Å². The van der Waals surface area contributed by atoms with Gasteiger partial charge in [0.2, 0.25) is 0 Å². The van der Waals surface area contributed by atoms with Crippen LogP contribution in [0.1, 0.15) is 5.56 Å². The lowest BCUT2D eigenvalue weighted by molar-refractivity contribution is 0.412. The smallest absolute Gasteiger partial charge is 0.143 e. The quantitative estimate of drug-likeness (QED) is 0.823. The molecule has 0 aliphatic rings. The van der Waals surface area contributed by atoms with Gasteiger partial charge in [-0.15, -0.1) is 5.11 Å². The third-order valence-electron chi connectivity index (χ3n) is 2.56. The summed E-state index contributed by atoms with van der Waals surface area (Å²) in [5.74, 6) is 0.708. The van der Waals surface area contributed by atoms with Gasteiger partial charge in [-0.05, 0) is 30.7 Å². The largest absolute Gasteiger partial charge is 0.506 e. The summed E-state index contributed by atoms with van der Waals surface area (Å²) in [6.07, 6.45) is 0. The second-order valence-corrected chi connectivity index (χ2v) is 3.84. The molecule has 0 saturated carbocycles. The molecule has 0 radical (unpaired) electrons. The molecule has 0 bridgehead atoms. The van der Waals surface area contributed by atoms with Crippen LogP contribution in [0.3, 0.4) is 0 Å². The summed E-state index contributed by atoms with van der Waals surface area (Å²) in [7, 11) is 1.56. The number of phenolic OH excluding ortho intramolecular Hbond substituents is 1. The van der Waals surface area contributed by atoms with Gasteiger partial charge < -0.3 is 9.84 Å². The molecule has 92 valence electrons. The molecule has 0 heterocycles. The van der Waals surface area contributed by atoms with Crippen LogP contribution in [0.5, 0.6) is 11.5 Å². The summed E-state index contributed by atoms with van der Waals surface area (Å²) in [6, 6.07) is 12.5. The van der Waals surface area contributed by atoms with Gasteiger partial charge in [0.15, 0.2) is 0 Å². The van der Waals surface area contributed by atoms with Crippen LogP contribution in [0.25, 0.3) is 0 Å². The Labute approximate surface area is 106 Å². The summed E-state index contributed by atoms with van der Waals surface area (Å²) in [5, 5.41) is 17.8. The number of aryl methyl sites for hydroxylation is 1. The minimum atomic E-state index is 0.0770. The number of phenols is 1. The molecule has 0 aliphatic carbocycles. The monoisotopic (exact) mass is 242 g/mol. The van der Waals surface area contributed by atoms with Crippen molar-refractivity contribution in [3.8, 4) is 11.5 Å². The fourth-order valence-corrected chi connectivity index (χ4v) is 1.49. The van der Waals surface area contributed by atoms with E-state index in [2.05, 4.69) is 10.2 Å². The van der Waals surface area contributed by atoms with Crippen LogP contribution < -0.4 is 4.74 Å². The minimum absolute atomic E-state index is 0.0770. The highest BCUT2D eigenvalue weighted by Gasteiger charge is 2.02. The lowest BCUT2D eigenvalue weighted by atomic mass is 10.2. The SMILES string of the molecule is COc1ccc(O)c(N=Nc2ccccc2C)c1. The van der Waals surface area contributed by atoms with E-state index >= 15 is 0 Å². The van der Waals surface area contributed by atoms with Crippen LogP contribution in [0.4, 0.5) is 11.4 Å². The summed E-state index contributed by atoms with van der Waals surface area (Å²) in [4.78, 5) is 0. The molecule has 4 heteroatoms. The average molecular weight is 242 g/mol. The van der Waals surface area contributed by atoms with E-state index in [4.69, 9.17) is 4.74 Å². The highest BCUT2D eigenvalue weighted by molar-refractivity contribution is 5.55. The molecular weight excluding hydrogens is 228 g/mol. The molecule has 0 aromatic heterocycles. The first-order chi connectivity index (χ1) is 8.70. The first-order valence-corrected chi connectivity index (χ1v) is 5.55. The first-order valence-electron chi connectivity index (χ1n) is 5.55. The predicted molar refractivity (Wildman–Crippen MR) is 70.0 cm³/mol. The minimum Gasteiger partial charge on any atom is -0.506 e. The molecule has 4 nitrogen and oxygen atoms in total. The standard InChI is InChI=1S/C14H14N2O2/c1-10-5-3-4-6-12(10)15-16-13-9-11(18-2)7-8-14(13)17/h3-9,17H,1-2H3. The number of nitrogens with zero attached hydrogens (tertiary/aromatic N) is 2. The molecule has 0 unspecified atom stereocenters. The normalized spacial score (nSPS) is 10.8. The van der Waals surface area contributed by atoms with Crippen molar-refractivity contribution in [3.63, 3.8) is 0 Å². The number of azo groups is 1. The van der Waals surface area contributed by atoms with E-state index in [0.29, 0.717) is 11.4 Å². The van der Waals surface area contributed by atoms with Crippen LogP contribution in [0, 0.1) is 6.92 Å².